The molecule has 3 rings (SSSR count). The Hall–Kier alpha value is -3.99. The van der Waals surface area contributed by atoms with E-state index in [-0.39, 0.29) is 17.2 Å². The van der Waals surface area contributed by atoms with E-state index in [0.29, 0.717) is 5.65 Å². The van der Waals surface area contributed by atoms with Gasteiger partial charge in [0.2, 0.25) is 5.88 Å². The number of nitrogens with zero attached hydrogens (tertiary/aromatic N) is 3. The average Bonchev–Trinajstić information content (AvgIpc) is 2.63. The minimum atomic E-state index is -0.988. The highest BCUT2D eigenvalue weighted by atomic mass is 19.1. The number of ether oxygens (including phenoxy) is 1. The van der Waals surface area contributed by atoms with Crippen molar-refractivity contribution in [1.82, 2.24) is 9.38 Å². The van der Waals surface area contributed by atoms with Gasteiger partial charge in [-0.1, -0.05) is 6.07 Å². The van der Waals surface area contributed by atoms with E-state index in [2.05, 4.69) is 4.98 Å². The van der Waals surface area contributed by atoms with E-state index in [9.17, 15) is 14.0 Å². The molecule has 1 amide bonds. The topological polar surface area (TPSA) is 110 Å². The number of fused-ring (bicyclic) bond motifs is 1. The molecule has 2 N–H and O–H groups in total. The van der Waals surface area contributed by atoms with Crippen molar-refractivity contribution >= 4 is 17.6 Å². The fraction of sp³-hybridized carbons (Fsp3) is 0. The lowest BCUT2D eigenvalue weighted by atomic mass is 10.2. The van der Waals surface area contributed by atoms with Gasteiger partial charge in [0.05, 0.1) is 0 Å². The Morgan fingerprint density at radius 1 is 1.27 bits per heavy atom. The van der Waals surface area contributed by atoms with Crippen molar-refractivity contribution in [3.8, 4) is 17.7 Å². The van der Waals surface area contributed by atoms with Crippen LogP contribution in [0.3, 0.4) is 0 Å². The highest BCUT2D eigenvalue weighted by Gasteiger charge is 2.16. The molecule has 0 atom stereocenters. The number of nitriles is 1. The number of hydrogen-bond acceptors (Lipinski definition) is 5. The molecule has 0 aliphatic rings. The van der Waals surface area contributed by atoms with Gasteiger partial charge in [-0.3, -0.25) is 14.0 Å². The molecule has 0 aliphatic heterocycles. The zero-order valence-corrected chi connectivity index (χ0v) is 13.2. The molecule has 0 saturated heterocycles. The summed E-state index contributed by atoms with van der Waals surface area (Å²) in [5.74, 6) is -1.35. The van der Waals surface area contributed by atoms with Crippen LogP contribution in [0, 0.1) is 17.1 Å². The molecule has 0 spiro atoms. The third-order valence-electron chi connectivity index (χ3n) is 3.44. The molecule has 0 fully saturated rings. The van der Waals surface area contributed by atoms with Gasteiger partial charge in [-0.05, 0) is 42.5 Å². The number of primary amides is 1. The van der Waals surface area contributed by atoms with E-state index in [0.717, 1.165) is 6.08 Å². The normalized spacial score (nSPS) is 11.2. The molecule has 3 aromatic rings. The van der Waals surface area contributed by atoms with Crippen molar-refractivity contribution in [2.45, 2.75) is 0 Å². The van der Waals surface area contributed by atoms with Gasteiger partial charge in [0.25, 0.3) is 11.5 Å². The minimum Gasteiger partial charge on any atom is -0.438 e. The summed E-state index contributed by atoms with van der Waals surface area (Å²) in [4.78, 5) is 28.3. The van der Waals surface area contributed by atoms with Gasteiger partial charge in [0.1, 0.15) is 34.4 Å². The standard InChI is InChI=1S/C18H11FN4O3/c19-12-4-6-13(7-5-12)26-17-14(9-11(10-20)16(21)24)18(25)23-8-2-1-3-15(23)22-17/h1-9H,(H2,21,24). The maximum Gasteiger partial charge on any atom is 0.269 e. The summed E-state index contributed by atoms with van der Waals surface area (Å²) in [5.41, 5.74) is 4.32. The molecule has 7 nitrogen and oxygen atoms in total. The van der Waals surface area contributed by atoms with E-state index < -0.39 is 22.9 Å². The van der Waals surface area contributed by atoms with E-state index in [1.54, 1.807) is 24.3 Å². The summed E-state index contributed by atoms with van der Waals surface area (Å²) in [6.45, 7) is 0. The highest BCUT2D eigenvalue weighted by Crippen LogP contribution is 2.24. The Morgan fingerprint density at radius 3 is 2.65 bits per heavy atom. The number of hydrogen-bond donors (Lipinski definition) is 1. The fourth-order valence-electron chi connectivity index (χ4n) is 2.20. The molecular formula is C18H11FN4O3. The van der Waals surface area contributed by atoms with Crippen LogP contribution >= 0.6 is 0 Å². The number of carbonyl (C=O) groups is 1. The summed E-state index contributed by atoms with van der Waals surface area (Å²) in [5, 5.41) is 9.04. The quantitative estimate of drug-likeness (QED) is 0.572. The van der Waals surface area contributed by atoms with Gasteiger partial charge >= 0.3 is 0 Å². The third-order valence-corrected chi connectivity index (χ3v) is 3.44. The number of rotatable bonds is 4. The Bertz CT molecular complexity index is 1130. The molecule has 2 aromatic heterocycles. The predicted octanol–water partition coefficient (Wildman–Crippen LogP) is 2.02. The molecule has 0 saturated carbocycles. The Balaban J connectivity index is 2.24. The minimum absolute atomic E-state index is 0.131. The van der Waals surface area contributed by atoms with Crippen LogP contribution in [0.5, 0.6) is 11.6 Å². The number of halogens is 1. The van der Waals surface area contributed by atoms with Gasteiger partial charge < -0.3 is 10.5 Å². The number of carbonyl (C=O) groups excluding carboxylic acids is 1. The van der Waals surface area contributed by atoms with Crippen molar-refractivity contribution in [2.24, 2.45) is 5.73 Å². The number of amides is 1. The van der Waals surface area contributed by atoms with Gasteiger partial charge in [0, 0.05) is 6.20 Å². The molecule has 0 unspecified atom stereocenters. The first-order valence-corrected chi connectivity index (χ1v) is 7.36. The molecule has 1 aromatic carbocycles. The second kappa shape index (κ2) is 6.86. The van der Waals surface area contributed by atoms with Crippen molar-refractivity contribution in [1.29, 1.82) is 5.26 Å². The first-order valence-electron chi connectivity index (χ1n) is 7.36. The maximum atomic E-state index is 13.1. The van der Waals surface area contributed by atoms with Crippen LogP contribution in [0.15, 0.2) is 59.0 Å². The first kappa shape index (κ1) is 16.9. The van der Waals surface area contributed by atoms with Crippen LogP contribution in [-0.2, 0) is 4.79 Å². The summed E-state index contributed by atoms with van der Waals surface area (Å²) in [6.07, 6.45) is 2.51. The maximum absolute atomic E-state index is 13.1. The molecule has 0 aliphatic carbocycles. The van der Waals surface area contributed by atoms with Crippen molar-refractivity contribution in [3.05, 3.63) is 76.0 Å². The SMILES string of the molecule is N#CC(=Cc1c(Oc2ccc(F)cc2)nc2ccccn2c1=O)C(N)=O. The smallest absolute Gasteiger partial charge is 0.269 e. The summed E-state index contributed by atoms with van der Waals surface area (Å²) >= 11 is 0. The Kier molecular flexibility index (Phi) is 4.45. The molecule has 0 bridgehead atoms. The van der Waals surface area contributed by atoms with Crippen molar-refractivity contribution < 1.29 is 13.9 Å². The van der Waals surface area contributed by atoms with E-state index >= 15 is 0 Å². The monoisotopic (exact) mass is 350 g/mol. The average molecular weight is 350 g/mol. The van der Waals surface area contributed by atoms with Crippen LogP contribution in [0.25, 0.3) is 11.7 Å². The highest BCUT2D eigenvalue weighted by molar-refractivity contribution is 6.00. The van der Waals surface area contributed by atoms with Crippen molar-refractivity contribution in [3.63, 3.8) is 0 Å². The van der Waals surface area contributed by atoms with E-state index in [1.165, 1.54) is 34.9 Å². The molecule has 128 valence electrons. The number of benzene rings is 1. The van der Waals surface area contributed by atoms with Gasteiger partial charge in [-0.2, -0.15) is 10.2 Å². The number of aromatic nitrogens is 2. The third kappa shape index (κ3) is 3.27. The van der Waals surface area contributed by atoms with Crippen molar-refractivity contribution in [2.75, 3.05) is 0 Å². The largest absolute Gasteiger partial charge is 0.438 e. The summed E-state index contributed by atoms with van der Waals surface area (Å²) in [6, 6.07) is 11.6. The number of pyridine rings is 1. The van der Waals surface area contributed by atoms with Gasteiger partial charge in [0.15, 0.2) is 0 Å². The van der Waals surface area contributed by atoms with Gasteiger partial charge in [-0.15, -0.1) is 0 Å². The lowest BCUT2D eigenvalue weighted by Crippen LogP contribution is -2.20. The second-order valence-corrected chi connectivity index (χ2v) is 5.15. The molecule has 0 radical (unpaired) electrons. The summed E-state index contributed by atoms with van der Waals surface area (Å²) in [7, 11) is 0. The zero-order valence-electron chi connectivity index (χ0n) is 13.2. The molecule has 26 heavy (non-hydrogen) atoms. The van der Waals surface area contributed by atoms with Crippen LogP contribution < -0.4 is 16.0 Å². The molecule has 8 heteroatoms. The Morgan fingerprint density at radius 2 is 2.00 bits per heavy atom. The second-order valence-electron chi connectivity index (χ2n) is 5.15. The molecular weight excluding hydrogens is 339 g/mol. The first-order chi connectivity index (χ1) is 12.5. The predicted molar refractivity (Wildman–Crippen MR) is 90.7 cm³/mol. The van der Waals surface area contributed by atoms with Crippen LogP contribution in [0.1, 0.15) is 5.56 Å². The molecule has 2 heterocycles. The van der Waals surface area contributed by atoms with Crippen LogP contribution in [0.2, 0.25) is 0 Å². The lowest BCUT2D eigenvalue weighted by Gasteiger charge is -2.10. The van der Waals surface area contributed by atoms with Gasteiger partial charge in [-0.25, -0.2) is 4.39 Å². The van der Waals surface area contributed by atoms with E-state index in [4.69, 9.17) is 15.7 Å². The van der Waals surface area contributed by atoms with Crippen LogP contribution in [0.4, 0.5) is 4.39 Å². The zero-order chi connectivity index (χ0) is 18.7. The fourth-order valence-corrected chi connectivity index (χ4v) is 2.20. The van der Waals surface area contributed by atoms with Crippen LogP contribution in [-0.4, -0.2) is 15.3 Å². The Labute approximate surface area is 146 Å². The lowest BCUT2D eigenvalue weighted by molar-refractivity contribution is -0.114. The number of nitrogens with two attached hydrogens (primary N) is 1. The summed E-state index contributed by atoms with van der Waals surface area (Å²) < 4.78 is 19.9. The van der Waals surface area contributed by atoms with E-state index in [1.807, 2.05) is 0 Å².